The maximum Gasteiger partial charge on any atom is 0.165 e. The van der Waals surface area contributed by atoms with E-state index in [9.17, 15) is 4.39 Å². The fourth-order valence-corrected chi connectivity index (χ4v) is 2.19. The lowest BCUT2D eigenvalue weighted by atomic mass is 9.94. The van der Waals surface area contributed by atoms with Crippen LogP contribution >= 0.6 is 0 Å². The van der Waals surface area contributed by atoms with Gasteiger partial charge in [0.2, 0.25) is 0 Å². The van der Waals surface area contributed by atoms with E-state index >= 15 is 0 Å². The van der Waals surface area contributed by atoms with Crippen LogP contribution < -0.4 is 10.5 Å². The summed E-state index contributed by atoms with van der Waals surface area (Å²) in [5.74, 6) is -0.138. The Balaban J connectivity index is 1.99. The average Bonchev–Trinajstić information content (AvgIpc) is 2.46. The Morgan fingerprint density at radius 1 is 1.37 bits per heavy atom. The predicted octanol–water partition coefficient (Wildman–Crippen LogP) is 1.86. The fraction of sp³-hybridized carbons (Fsp3) is 0.571. The summed E-state index contributed by atoms with van der Waals surface area (Å²) in [7, 11) is 1.44. The number of benzene rings is 1. The maximum absolute atomic E-state index is 13.6. The van der Waals surface area contributed by atoms with Crippen molar-refractivity contribution in [2.24, 2.45) is 5.73 Å². The molecule has 0 aromatic heterocycles. The second-order valence-corrected chi connectivity index (χ2v) is 4.76. The van der Waals surface area contributed by atoms with Crippen molar-refractivity contribution >= 4 is 0 Å². The Morgan fingerprint density at radius 3 is 2.68 bits per heavy atom. The third-order valence-corrected chi connectivity index (χ3v) is 3.54. The van der Waals surface area contributed by atoms with Gasteiger partial charge >= 0.3 is 0 Å². The molecule has 0 radical (unpaired) electrons. The van der Waals surface area contributed by atoms with Crippen molar-refractivity contribution in [3.63, 3.8) is 0 Å². The van der Waals surface area contributed by atoms with Crippen molar-refractivity contribution in [3.8, 4) is 5.75 Å². The monoisotopic (exact) mass is 269 g/mol. The van der Waals surface area contributed by atoms with Gasteiger partial charge in [0.25, 0.3) is 0 Å². The van der Waals surface area contributed by atoms with Gasteiger partial charge in [0, 0.05) is 32.6 Å². The van der Waals surface area contributed by atoms with Gasteiger partial charge in [-0.2, -0.15) is 0 Å². The molecule has 0 spiro atoms. The van der Waals surface area contributed by atoms with E-state index in [0.29, 0.717) is 26.4 Å². The molecule has 19 heavy (non-hydrogen) atoms. The number of hydrogen-bond acceptors (Lipinski definition) is 4. The summed E-state index contributed by atoms with van der Waals surface area (Å²) >= 11 is 0. The van der Waals surface area contributed by atoms with E-state index < -0.39 is 0 Å². The summed E-state index contributed by atoms with van der Waals surface area (Å²) in [5, 5.41) is 0. The summed E-state index contributed by atoms with van der Waals surface area (Å²) in [5.41, 5.74) is 6.24. The fourth-order valence-electron chi connectivity index (χ4n) is 2.19. The summed E-state index contributed by atoms with van der Waals surface area (Å²) in [6.07, 6.45) is 1.56. The van der Waals surface area contributed by atoms with E-state index in [2.05, 4.69) is 0 Å². The molecule has 0 saturated carbocycles. The Labute approximate surface area is 112 Å². The zero-order valence-electron chi connectivity index (χ0n) is 11.2. The van der Waals surface area contributed by atoms with Crippen molar-refractivity contribution < 1.29 is 18.6 Å². The van der Waals surface area contributed by atoms with Crippen LogP contribution in [0.5, 0.6) is 5.75 Å². The summed E-state index contributed by atoms with van der Waals surface area (Å²) in [6, 6.07) is 4.83. The lowest BCUT2D eigenvalue weighted by Gasteiger charge is -2.36. The molecule has 1 heterocycles. The van der Waals surface area contributed by atoms with Gasteiger partial charge in [0.1, 0.15) is 0 Å². The van der Waals surface area contributed by atoms with Crippen LogP contribution in [0.2, 0.25) is 0 Å². The van der Waals surface area contributed by atoms with Crippen LogP contribution in [0.3, 0.4) is 0 Å². The second-order valence-electron chi connectivity index (χ2n) is 4.76. The van der Waals surface area contributed by atoms with E-state index in [1.165, 1.54) is 13.2 Å². The van der Waals surface area contributed by atoms with Crippen LogP contribution in [0.25, 0.3) is 0 Å². The van der Waals surface area contributed by atoms with Gasteiger partial charge in [-0.05, 0) is 17.7 Å². The van der Waals surface area contributed by atoms with Gasteiger partial charge in [0.05, 0.1) is 19.3 Å². The lowest BCUT2D eigenvalue weighted by molar-refractivity contribution is -0.112. The number of rotatable bonds is 5. The average molecular weight is 269 g/mol. The Hall–Kier alpha value is -1.17. The molecule has 0 amide bonds. The molecule has 1 fully saturated rings. The standard InChI is InChI=1S/C14H20FNO3/c1-17-13-3-2-11(8-12(13)15)9-19-14(10-16)4-6-18-7-5-14/h2-3,8H,4-7,9-10,16H2,1H3. The molecule has 2 rings (SSSR count). The minimum Gasteiger partial charge on any atom is -0.494 e. The molecule has 1 saturated heterocycles. The van der Waals surface area contributed by atoms with Crippen molar-refractivity contribution in [1.29, 1.82) is 0 Å². The zero-order valence-corrected chi connectivity index (χ0v) is 11.2. The van der Waals surface area contributed by atoms with Crippen LogP contribution in [0.4, 0.5) is 4.39 Å². The predicted molar refractivity (Wildman–Crippen MR) is 69.6 cm³/mol. The third-order valence-electron chi connectivity index (χ3n) is 3.54. The molecular formula is C14H20FNO3. The van der Waals surface area contributed by atoms with Gasteiger partial charge in [-0.1, -0.05) is 6.07 Å². The maximum atomic E-state index is 13.6. The van der Waals surface area contributed by atoms with Crippen LogP contribution in [0.15, 0.2) is 18.2 Å². The first kappa shape index (κ1) is 14.2. The highest BCUT2D eigenvalue weighted by atomic mass is 19.1. The Bertz CT molecular complexity index is 419. The molecule has 0 bridgehead atoms. The van der Waals surface area contributed by atoms with Crippen LogP contribution in [0.1, 0.15) is 18.4 Å². The van der Waals surface area contributed by atoms with Gasteiger partial charge in [-0.15, -0.1) is 0 Å². The highest BCUT2D eigenvalue weighted by Crippen LogP contribution is 2.26. The van der Waals surface area contributed by atoms with E-state index in [1.54, 1.807) is 12.1 Å². The van der Waals surface area contributed by atoms with E-state index in [0.717, 1.165) is 18.4 Å². The molecule has 1 aromatic carbocycles. The molecule has 5 heteroatoms. The highest BCUT2D eigenvalue weighted by molar-refractivity contribution is 5.28. The summed E-state index contributed by atoms with van der Waals surface area (Å²) in [6.45, 7) is 2.12. The quantitative estimate of drug-likeness (QED) is 0.886. The molecule has 4 nitrogen and oxygen atoms in total. The minimum atomic E-state index is -0.377. The van der Waals surface area contributed by atoms with Crippen molar-refractivity contribution in [3.05, 3.63) is 29.6 Å². The zero-order chi connectivity index (χ0) is 13.7. The SMILES string of the molecule is COc1ccc(COC2(CN)CCOCC2)cc1F. The molecule has 0 aliphatic carbocycles. The lowest BCUT2D eigenvalue weighted by Crippen LogP contribution is -2.45. The van der Waals surface area contributed by atoms with E-state index in [1.807, 2.05) is 0 Å². The molecular weight excluding hydrogens is 249 g/mol. The molecule has 0 atom stereocenters. The minimum absolute atomic E-state index is 0.239. The number of ether oxygens (including phenoxy) is 3. The number of methoxy groups -OCH3 is 1. The van der Waals surface area contributed by atoms with Gasteiger partial charge < -0.3 is 19.9 Å². The summed E-state index contributed by atoms with van der Waals surface area (Å²) in [4.78, 5) is 0. The second kappa shape index (κ2) is 6.32. The molecule has 1 aliphatic rings. The first-order valence-electron chi connectivity index (χ1n) is 6.43. The van der Waals surface area contributed by atoms with Crippen molar-refractivity contribution in [2.45, 2.75) is 25.0 Å². The van der Waals surface area contributed by atoms with Crippen molar-refractivity contribution in [2.75, 3.05) is 26.9 Å². The first-order valence-corrected chi connectivity index (χ1v) is 6.43. The van der Waals surface area contributed by atoms with Crippen LogP contribution in [-0.4, -0.2) is 32.5 Å². The molecule has 106 valence electrons. The van der Waals surface area contributed by atoms with E-state index in [-0.39, 0.29) is 17.2 Å². The molecule has 1 aliphatic heterocycles. The smallest absolute Gasteiger partial charge is 0.165 e. The number of hydrogen-bond donors (Lipinski definition) is 1. The number of nitrogens with two attached hydrogens (primary N) is 1. The van der Waals surface area contributed by atoms with Gasteiger partial charge in [0.15, 0.2) is 11.6 Å². The Kier molecular flexibility index (Phi) is 4.74. The molecule has 1 aromatic rings. The molecule has 2 N–H and O–H groups in total. The molecule has 0 unspecified atom stereocenters. The van der Waals surface area contributed by atoms with Gasteiger partial charge in [-0.25, -0.2) is 4.39 Å². The van der Waals surface area contributed by atoms with Gasteiger partial charge in [-0.3, -0.25) is 0 Å². The topological polar surface area (TPSA) is 53.7 Å². The summed E-state index contributed by atoms with van der Waals surface area (Å²) < 4.78 is 29.7. The Morgan fingerprint density at radius 2 is 2.11 bits per heavy atom. The number of halogens is 1. The van der Waals surface area contributed by atoms with Crippen molar-refractivity contribution in [1.82, 2.24) is 0 Å². The highest BCUT2D eigenvalue weighted by Gasteiger charge is 2.32. The van der Waals surface area contributed by atoms with Crippen LogP contribution in [0, 0.1) is 5.82 Å². The van der Waals surface area contributed by atoms with E-state index in [4.69, 9.17) is 19.9 Å². The normalized spacial score (nSPS) is 18.3. The first-order chi connectivity index (χ1) is 9.19. The largest absolute Gasteiger partial charge is 0.494 e. The third kappa shape index (κ3) is 3.43. The van der Waals surface area contributed by atoms with Crippen LogP contribution in [-0.2, 0) is 16.1 Å².